The molecule has 0 aliphatic rings. The van der Waals surface area contributed by atoms with E-state index in [1.807, 2.05) is 24.3 Å². The van der Waals surface area contributed by atoms with Crippen LogP contribution in [0.25, 0.3) is 0 Å². The third-order valence-corrected chi connectivity index (χ3v) is 3.65. The molecule has 2 rings (SSSR count). The Labute approximate surface area is 138 Å². The molecule has 0 saturated heterocycles. The Morgan fingerprint density at radius 2 is 1.91 bits per heavy atom. The average Bonchev–Trinajstić information content (AvgIpc) is 2.60. The summed E-state index contributed by atoms with van der Waals surface area (Å²) < 4.78 is 0. The van der Waals surface area contributed by atoms with Crippen LogP contribution in [0.4, 0.5) is 5.69 Å². The number of carbonyl (C=O) groups excluding carboxylic acids is 1. The minimum atomic E-state index is -0.0553. The summed E-state index contributed by atoms with van der Waals surface area (Å²) in [5.74, 6) is -0.0553. The SMILES string of the molecule is CCCCCNC(=O)c1cncc(NCCc2ccccc2)c1. The molecule has 0 spiro atoms. The molecule has 1 aromatic carbocycles. The van der Waals surface area contributed by atoms with Crippen LogP contribution in [-0.2, 0) is 6.42 Å². The molecule has 0 radical (unpaired) electrons. The van der Waals surface area contributed by atoms with Crippen LogP contribution in [0, 0.1) is 0 Å². The van der Waals surface area contributed by atoms with Gasteiger partial charge in [0.05, 0.1) is 11.3 Å². The summed E-state index contributed by atoms with van der Waals surface area (Å²) in [5.41, 5.74) is 2.77. The van der Waals surface area contributed by atoms with Gasteiger partial charge in [0.2, 0.25) is 0 Å². The lowest BCUT2D eigenvalue weighted by Gasteiger charge is -2.08. The van der Waals surface area contributed by atoms with Crippen LogP contribution < -0.4 is 10.6 Å². The third-order valence-electron chi connectivity index (χ3n) is 3.65. The van der Waals surface area contributed by atoms with Crippen molar-refractivity contribution in [2.75, 3.05) is 18.4 Å². The lowest BCUT2D eigenvalue weighted by molar-refractivity contribution is 0.0952. The number of pyridine rings is 1. The first-order valence-electron chi connectivity index (χ1n) is 8.30. The number of unbranched alkanes of at least 4 members (excludes halogenated alkanes) is 2. The van der Waals surface area contributed by atoms with Gasteiger partial charge in [-0.15, -0.1) is 0 Å². The lowest BCUT2D eigenvalue weighted by atomic mass is 10.1. The van der Waals surface area contributed by atoms with Crippen LogP contribution >= 0.6 is 0 Å². The van der Waals surface area contributed by atoms with Crippen molar-refractivity contribution in [1.29, 1.82) is 0 Å². The summed E-state index contributed by atoms with van der Waals surface area (Å²) >= 11 is 0. The van der Waals surface area contributed by atoms with E-state index in [9.17, 15) is 4.79 Å². The zero-order valence-electron chi connectivity index (χ0n) is 13.7. The fourth-order valence-corrected chi connectivity index (χ4v) is 2.34. The van der Waals surface area contributed by atoms with Crippen molar-refractivity contribution < 1.29 is 4.79 Å². The molecule has 23 heavy (non-hydrogen) atoms. The first-order valence-corrected chi connectivity index (χ1v) is 8.30. The van der Waals surface area contributed by atoms with Crippen LogP contribution in [0.3, 0.4) is 0 Å². The van der Waals surface area contributed by atoms with Crippen LogP contribution in [0.15, 0.2) is 48.8 Å². The number of anilines is 1. The molecule has 0 fully saturated rings. The first kappa shape index (κ1) is 17.0. The Balaban J connectivity index is 1.80. The van der Waals surface area contributed by atoms with E-state index in [4.69, 9.17) is 0 Å². The molecule has 0 aliphatic heterocycles. The highest BCUT2D eigenvalue weighted by Crippen LogP contribution is 2.09. The zero-order chi connectivity index (χ0) is 16.3. The van der Waals surface area contributed by atoms with Crippen molar-refractivity contribution in [3.05, 3.63) is 59.9 Å². The van der Waals surface area contributed by atoms with Crippen LogP contribution in [-0.4, -0.2) is 24.0 Å². The quantitative estimate of drug-likeness (QED) is 0.695. The first-order chi connectivity index (χ1) is 11.3. The molecule has 2 N–H and O–H groups in total. The van der Waals surface area contributed by atoms with Gasteiger partial charge >= 0.3 is 0 Å². The Morgan fingerprint density at radius 1 is 1.09 bits per heavy atom. The van der Waals surface area contributed by atoms with Crippen LogP contribution in [0.1, 0.15) is 42.1 Å². The largest absolute Gasteiger partial charge is 0.383 e. The smallest absolute Gasteiger partial charge is 0.252 e. The second-order valence-corrected chi connectivity index (χ2v) is 5.59. The average molecular weight is 311 g/mol. The predicted molar refractivity (Wildman–Crippen MR) is 94.7 cm³/mol. The third kappa shape index (κ3) is 6.10. The fraction of sp³-hybridized carbons (Fsp3) is 0.368. The standard InChI is InChI=1S/C19H25N3O/c1-2-3-7-11-22-19(23)17-13-18(15-20-14-17)21-12-10-16-8-5-4-6-9-16/h4-6,8-9,13-15,21H,2-3,7,10-12H2,1H3,(H,22,23). The summed E-state index contributed by atoms with van der Waals surface area (Å²) in [6.45, 7) is 3.68. The van der Waals surface area contributed by atoms with Gasteiger partial charge in [-0.1, -0.05) is 50.1 Å². The van der Waals surface area contributed by atoms with E-state index in [2.05, 4.69) is 34.7 Å². The van der Waals surface area contributed by atoms with E-state index < -0.39 is 0 Å². The van der Waals surface area contributed by atoms with Gasteiger partial charge in [-0.25, -0.2) is 0 Å². The van der Waals surface area contributed by atoms with Crippen molar-refractivity contribution in [2.45, 2.75) is 32.6 Å². The summed E-state index contributed by atoms with van der Waals surface area (Å²) in [7, 11) is 0. The van der Waals surface area contributed by atoms with Crippen molar-refractivity contribution in [1.82, 2.24) is 10.3 Å². The molecule has 122 valence electrons. The summed E-state index contributed by atoms with van der Waals surface area (Å²) in [5, 5.41) is 6.26. The number of hydrogen-bond acceptors (Lipinski definition) is 3. The molecule has 0 saturated carbocycles. The number of amides is 1. The van der Waals surface area contributed by atoms with E-state index in [0.717, 1.165) is 44.5 Å². The van der Waals surface area contributed by atoms with Gasteiger partial charge < -0.3 is 10.6 Å². The molecule has 0 bridgehead atoms. The number of hydrogen-bond donors (Lipinski definition) is 2. The van der Waals surface area contributed by atoms with Crippen molar-refractivity contribution in [2.24, 2.45) is 0 Å². The molecular weight excluding hydrogens is 286 g/mol. The number of carbonyl (C=O) groups is 1. The van der Waals surface area contributed by atoms with Gasteiger partial charge in [-0.2, -0.15) is 0 Å². The van der Waals surface area contributed by atoms with Crippen molar-refractivity contribution in [3.8, 4) is 0 Å². The maximum Gasteiger partial charge on any atom is 0.252 e. The lowest BCUT2D eigenvalue weighted by Crippen LogP contribution is -2.24. The van der Waals surface area contributed by atoms with Gasteiger partial charge in [0.1, 0.15) is 0 Å². The van der Waals surface area contributed by atoms with Gasteiger partial charge in [-0.05, 0) is 24.5 Å². The topological polar surface area (TPSA) is 54.0 Å². The number of aromatic nitrogens is 1. The van der Waals surface area contributed by atoms with Crippen LogP contribution in [0.5, 0.6) is 0 Å². The van der Waals surface area contributed by atoms with Crippen LogP contribution in [0.2, 0.25) is 0 Å². The molecule has 0 unspecified atom stereocenters. The number of nitrogens with one attached hydrogen (secondary N) is 2. The Kier molecular flexibility index (Phi) is 7.11. The molecule has 4 heteroatoms. The number of rotatable bonds is 9. The normalized spacial score (nSPS) is 10.3. The minimum absolute atomic E-state index is 0.0553. The zero-order valence-corrected chi connectivity index (χ0v) is 13.7. The van der Waals surface area contributed by atoms with E-state index in [1.165, 1.54) is 5.56 Å². The molecule has 1 amide bonds. The summed E-state index contributed by atoms with van der Waals surface area (Å²) in [6, 6.07) is 12.2. The molecular formula is C19H25N3O. The van der Waals surface area contributed by atoms with Gasteiger partial charge in [0.25, 0.3) is 5.91 Å². The van der Waals surface area contributed by atoms with E-state index in [1.54, 1.807) is 12.4 Å². The fourth-order valence-electron chi connectivity index (χ4n) is 2.34. The van der Waals surface area contributed by atoms with E-state index in [0.29, 0.717) is 5.56 Å². The second-order valence-electron chi connectivity index (χ2n) is 5.59. The highest BCUT2D eigenvalue weighted by molar-refractivity contribution is 5.94. The molecule has 0 aliphatic carbocycles. The Morgan fingerprint density at radius 3 is 2.70 bits per heavy atom. The van der Waals surface area contributed by atoms with Gasteiger partial charge in [-0.3, -0.25) is 9.78 Å². The van der Waals surface area contributed by atoms with Crippen molar-refractivity contribution in [3.63, 3.8) is 0 Å². The second kappa shape index (κ2) is 9.62. The number of nitrogens with zero attached hydrogens (tertiary/aromatic N) is 1. The van der Waals surface area contributed by atoms with Crippen molar-refractivity contribution >= 4 is 11.6 Å². The molecule has 2 aromatic rings. The minimum Gasteiger partial charge on any atom is -0.383 e. The predicted octanol–water partition coefficient (Wildman–Crippen LogP) is 3.66. The van der Waals surface area contributed by atoms with E-state index >= 15 is 0 Å². The van der Waals surface area contributed by atoms with Gasteiger partial charge in [0.15, 0.2) is 0 Å². The molecule has 4 nitrogen and oxygen atoms in total. The Hall–Kier alpha value is -2.36. The maximum absolute atomic E-state index is 12.1. The highest BCUT2D eigenvalue weighted by atomic mass is 16.1. The Bertz CT molecular complexity index is 599. The van der Waals surface area contributed by atoms with Gasteiger partial charge in [0, 0.05) is 25.5 Å². The highest BCUT2D eigenvalue weighted by Gasteiger charge is 2.06. The summed E-state index contributed by atoms with van der Waals surface area (Å²) in [4.78, 5) is 16.2. The number of benzene rings is 1. The maximum atomic E-state index is 12.1. The monoisotopic (exact) mass is 311 g/mol. The molecule has 1 aromatic heterocycles. The van der Waals surface area contributed by atoms with E-state index in [-0.39, 0.29) is 5.91 Å². The molecule has 0 atom stereocenters. The summed E-state index contributed by atoms with van der Waals surface area (Å²) in [6.07, 6.45) is 7.60. The molecule has 1 heterocycles.